The minimum atomic E-state index is -0.240. The summed E-state index contributed by atoms with van der Waals surface area (Å²) < 4.78 is 11.1. The van der Waals surface area contributed by atoms with E-state index in [-0.39, 0.29) is 17.5 Å². The van der Waals surface area contributed by atoms with E-state index in [4.69, 9.17) is 9.47 Å². The summed E-state index contributed by atoms with van der Waals surface area (Å²) in [4.78, 5) is 14.6. The maximum Gasteiger partial charge on any atom is 0.322 e. The molecule has 25 heavy (non-hydrogen) atoms. The predicted octanol–water partition coefficient (Wildman–Crippen LogP) is 2.35. The van der Waals surface area contributed by atoms with Crippen LogP contribution in [0.15, 0.2) is 23.9 Å². The van der Waals surface area contributed by atoms with Gasteiger partial charge in [0.25, 0.3) is 0 Å². The molecule has 1 spiro atoms. The van der Waals surface area contributed by atoms with E-state index in [0.29, 0.717) is 6.54 Å². The summed E-state index contributed by atoms with van der Waals surface area (Å²) >= 11 is 0. The molecule has 0 aromatic heterocycles. The van der Waals surface area contributed by atoms with Gasteiger partial charge in [0, 0.05) is 23.2 Å². The maximum atomic E-state index is 12.8. The summed E-state index contributed by atoms with van der Waals surface area (Å²) in [5.74, 6) is 1.73. The molecule has 3 heterocycles. The second kappa shape index (κ2) is 5.95. The highest BCUT2D eigenvalue weighted by Crippen LogP contribution is 2.44. The van der Waals surface area contributed by atoms with Crippen molar-refractivity contribution in [2.75, 3.05) is 27.3 Å². The molecule has 1 aromatic rings. The molecular weight excluding hydrogens is 318 g/mol. The number of nitrogens with zero attached hydrogens (tertiary/aromatic N) is 1. The van der Waals surface area contributed by atoms with Gasteiger partial charge in [-0.2, -0.15) is 0 Å². The lowest BCUT2D eigenvalue weighted by atomic mass is 9.84. The van der Waals surface area contributed by atoms with E-state index in [9.17, 15) is 4.79 Å². The molecule has 2 fully saturated rings. The Labute approximate surface area is 148 Å². The summed E-state index contributed by atoms with van der Waals surface area (Å²) in [7, 11) is 3.33. The van der Waals surface area contributed by atoms with E-state index in [0.717, 1.165) is 54.3 Å². The number of fused-ring (bicyclic) bond motifs is 3. The Morgan fingerprint density at radius 1 is 1.20 bits per heavy atom. The van der Waals surface area contributed by atoms with Crippen LogP contribution in [0, 0.1) is 0 Å². The number of hydrogen-bond acceptors (Lipinski definition) is 4. The number of benzene rings is 1. The van der Waals surface area contributed by atoms with Gasteiger partial charge in [0.2, 0.25) is 0 Å². The zero-order valence-corrected chi connectivity index (χ0v) is 15.0. The molecule has 2 saturated heterocycles. The lowest BCUT2D eigenvalue weighted by Crippen LogP contribution is -2.50. The molecule has 2 amide bonds. The van der Waals surface area contributed by atoms with Gasteiger partial charge in [0.15, 0.2) is 0 Å². The van der Waals surface area contributed by atoms with E-state index in [1.807, 2.05) is 17.0 Å². The smallest absolute Gasteiger partial charge is 0.322 e. The largest absolute Gasteiger partial charge is 0.497 e. The van der Waals surface area contributed by atoms with Crippen LogP contribution >= 0.6 is 0 Å². The molecular formula is C19H25N3O3. The number of ether oxygens (including phenoxy) is 2. The monoisotopic (exact) mass is 343 g/mol. The van der Waals surface area contributed by atoms with Crippen molar-refractivity contribution in [1.29, 1.82) is 0 Å². The molecule has 0 saturated carbocycles. The molecule has 6 heteroatoms. The number of carbonyl (C=O) groups excluding carboxylic acids is 1. The third kappa shape index (κ3) is 2.47. The van der Waals surface area contributed by atoms with Crippen molar-refractivity contribution in [2.24, 2.45) is 0 Å². The first-order valence-electron chi connectivity index (χ1n) is 8.85. The van der Waals surface area contributed by atoms with Crippen molar-refractivity contribution in [1.82, 2.24) is 15.5 Å². The molecule has 4 rings (SSSR count). The molecule has 0 aliphatic carbocycles. The number of allylic oxidation sites excluding steroid dienone is 1. The van der Waals surface area contributed by atoms with Crippen molar-refractivity contribution in [3.8, 4) is 11.5 Å². The zero-order chi connectivity index (χ0) is 17.6. The number of methoxy groups -OCH3 is 2. The van der Waals surface area contributed by atoms with Gasteiger partial charge in [-0.25, -0.2) is 4.79 Å². The van der Waals surface area contributed by atoms with Gasteiger partial charge in [-0.1, -0.05) is 13.0 Å². The van der Waals surface area contributed by atoms with E-state index in [2.05, 4.69) is 23.6 Å². The van der Waals surface area contributed by atoms with Crippen LogP contribution in [-0.2, 0) is 6.54 Å². The van der Waals surface area contributed by atoms with E-state index in [1.54, 1.807) is 14.2 Å². The SMILES string of the molecule is COc1cc2c(c(OC)c1)C(C)C=C1N(C2)C(=O)NC12CCNCC2. The molecule has 6 nitrogen and oxygen atoms in total. The highest BCUT2D eigenvalue weighted by atomic mass is 16.5. The third-order valence-electron chi connectivity index (χ3n) is 5.68. The quantitative estimate of drug-likeness (QED) is 0.865. The van der Waals surface area contributed by atoms with Crippen molar-refractivity contribution < 1.29 is 14.3 Å². The van der Waals surface area contributed by atoms with Crippen LogP contribution in [0.3, 0.4) is 0 Å². The number of amides is 2. The molecule has 134 valence electrons. The second-order valence-corrected chi connectivity index (χ2v) is 7.09. The average molecular weight is 343 g/mol. The Bertz CT molecular complexity index is 738. The van der Waals surface area contributed by atoms with Crippen molar-refractivity contribution >= 4 is 6.03 Å². The van der Waals surface area contributed by atoms with Crippen molar-refractivity contribution in [2.45, 2.75) is 37.8 Å². The topological polar surface area (TPSA) is 62.8 Å². The minimum absolute atomic E-state index is 0.00464. The van der Waals surface area contributed by atoms with Crippen LogP contribution in [0.5, 0.6) is 11.5 Å². The summed E-state index contributed by atoms with van der Waals surface area (Å²) in [6.45, 7) is 4.55. The van der Waals surface area contributed by atoms with Gasteiger partial charge in [-0.3, -0.25) is 4.90 Å². The molecule has 3 aliphatic rings. The Kier molecular flexibility index (Phi) is 3.87. The molecule has 2 N–H and O–H groups in total. The number of nitrogens with one attached hydrogen (secondary N) is 2. The fourth-order valence-corrected chi connectivity index (χ4v) is 4.43. The Balaban J connectivity index is 1.82. The van der Waals surface area contributed by atoms with Crippen molar-refractivity contribution in [3.63, 3.8) is 0 Å². The summed E-state index contributed by atoms with van der Waals surface area (Å²) in [5.41, 5.74) is 3.09. The molecule has 0 bridgehead atoms. The Hall–Kier alpha value is -2.21. The first kappa shape index (κ1) is 16.3. The van der Waals surface area contributed by atoms with Crippen LogP contribution in [0.1, 0.15) is 36.8 Å². The minimum Gasteiger partial charge on any atom is -0.497 e. The molecule has 1 aromatic carbocycles. The van der Waals surface area contributed by atoms with Gasteiger partial charge < -0.3 is 20.1 Å². The number of piperidine rings is 1. The summed E-state index contributed by atoms with van der Waals surface area (Å²) in [5, 5.41) is 6.65. The maximum absolute atomic E-state index is 12.8. The molecule has 3 aliphatic heterocycles. The summed E-state index contributed by atoms with van der Waals surface area (Å²) in [6.07, 6.45) is 4.08. The van der Waals surface area contributed by atoms with Gasteiger partial charge in [-0.05, 0) is 37.6 Å². The van der Waals surface area contributed by atoms with Crippen LogP contribution in [-0.4, -0.2) is 43.8 Å². The fraction of sp³-hybridized carbons (Fsp3) is 0.526. The second-order valence-electron chi connectivity index (χ2n) is 7.09. The number of carbonyl (C=O) groups is 1. The fourth-order valence-electron chi connectivity index (χ4n) is 4.43. The normalized spacial score (nSPS) is 24.1. The van der Waals surface area contributed by atoms with Crippen LogP contribution in [0.4, 0.5) is 4.79 Å². The number of rotatable bonds is 2. The molecule has 0 radical (unpaired) electrons. The number of urea groups is 1. The van der Waals surface area contributed by atoms with Gasteiger partial charge in [0.1, 0.15) is 11.5 Å². The van der Waals surface area contributed by atoms with Gasteiger partial charge in [-0.15, -0.1) is 0 Å². The van der Waals surface area contributed by atoms with E-state index >= 15 is 0 Å². The first-order valence-corrected chi connectivity index (χ1v) is 8.85. The Morgan fingerprint density at radius 3 is 2.64 bits per heavy atom. The standard InChI is InChI=1S/C19H25N3O3/c1-12-8-16-19(4-6-20-7-5-19)21-18(23)22(16)11-13-9-14(24-2)10-15(25-3)17(12)13/h8-10,12,20H,4-7,11H2,1-3H3,(H,21,23). The lowest BCUT2D eigenvalue weighted by Gasteiger charge is -2.35. The van der Waals surface area contributed by atoms with E-state index in [1.165, 1.54) is 0 Å². The van der Waals surface area contributed by atoms with Crippen LogP contribution < -0.4 is 20.1 Å². The van der Waals surface area contributed by atoms with Gasteiger partial charge in [0.05, 0.1) is 26.3 Å². The first-order chi connectivity index (χ1) is 12.1. The highest BCUT2D eigenvalue weighted by Gasteiger charge is 2.48. The number of hydrogen-bond donors (Lipinski definition) is 2. The van der Waals surface area contributed by atoms with E-state index < -0.39 is 0 Å². The highest BCUT2D eigenvalue weighted by molar-refractivity contribution is 5.82. The van der Waals surface area contributed by atoms with Gasteiger partial charge >= 0.3 is 6.03 Å². The molecule has 1 atom stereocenters. The average Bonchev–Trinajstić information content (AvgIpc) is 2.77. The predicted molar refractivity (Wildman–Crippen MR) is 95.0 cm³/mol. The van der Waals surface area contributed by atoms with Crippen molar-refractivity contribution in [3.05, 3.63) is 35.0 Å². The summed E-state index contributed by atoms with van der Waals surface area (Å²) in [6, 6.07) is 3.94. The molecule has 1 unspecified atom stereocenters. The lowest BCUT2D eigenvalue weighted by molar-refractivity contribution is 0.220. The Morgan fingerprint density at radius 2 is 1.96 bits per heavy atom. The van der Waals surface area contributed by atoms with Crippen LogP contribution in [0.2, 0.25) is 0 Å². The van der Waals surface area contributed by atoms with Crippen LogP contribution in [0.25, 0.3) is 0 Å². The zero-order valence-electron chi connectivity index (χ0n) is 15.0. The third-order valence-corrected chi connectivity index (χ3v) is 5.68.